The van der Waals surface area contributed by atoms with Crippen molar-refractivity contribution in [2.24, 2.45) is 0 Å². The standard InChI is InChI=1S/C15H17N3O4/c19-13-12(10-17-6-2-1-3-7-17)14(20)18(15(21)16-13)9-11-5-4-8-22-11/h4-5,8,10H,1-3,6-7,9H2,(H,16,19,21)/b12-10-. The number of urea groups is 1. The number of nitrogens with one attached hydrogen (secondary N) is 1. The third kappa shape index (κ3) is 2.88. The maximum atomic E-state index is 12.5. The van der Waals surface area contributed by atoms with Crippen LogP contribution in [-0.4, -0.2) is 40.7 Å². The molecule has 0 radical (unpaired) electrons. The topological polar surface area (TPSA) is 82.9 Å². The molecular formula is C15H17N3O4. The molecule has 0 atom stereocenters. The Bertz CT molecular complexity index is 615. The molecule has 0 aliphatic carbocycles. The largest absolute Gasteiger partial charge is 0.467 e. The second kappa shape index (κ2) is 6.05. The van der Waals surface area contributed by atoms with Crippen molar-refractivity contribution >= 4 is 17.8 Å². The van der Waals surface area contributed by atoms with Gasteiger partial charge in [-0.25, -0.2) is 4.79 Å². The number of rotatable bonds is 3. The molecule has 2 aliphatic rings. The van der Waals surface area contributed by atoms with E-state index in [0.29, 0.717) is 5.76 Å². The summed E-state index contributed by atoms with van der Waals surface area (Å²) in [6.45, 7) is 1.63. The molecule has 0 bridgehead atoms. The molecule has 7 heteroatoms. The quantitative estimate of drug-likeness (QED) is 0.671. The lowest BCUT2D eigenvalue weighted by Gasteiger charge is -2.29. The number of hydrogen-bond acceptors (Lipinski definition) is 5. The molecule has 2 fully saturated rings. The smallest absolute Gasteiger partial charge is 0.331 e. The number of carbonyl (C=O) groups is 3. The van der Waals surface area contributed by atoms with Crippen molar-refractivity contribution in [3.8, 4) is 0 Å². The van der Waals surface area contributed by atoms with E-state index in [2.05, 4.69) is 5.32 Å². The number of imide groups is 2. The van der Waals surface area contributed by atoms with E-state index in [-0.39, 0.29) is 12.1 Å². The average Bonchev–Trinajstić information content (AvgIpc) is 3.02. The number of likely N-dealkylation sites (tertiary alicyclic amines) is 1. The van der Waals surface area contributed by atoms with Gasteiger partial charge in [0, 0.05) is 19.3 Å². The molecule has 7 nitrogen and oxygen atoms in total. The summed E-state index contributed by atoms with van der Waals surface area (Å²) in [6.07, 6.45) is 6.27. The highest BCUT2D eigenvalue weighted by atomic mass is 16.3. The highest BCUT2D eigenvalue weighted by Gasteiger charge is 2.36. The summed E-state index contributed by atoms with van der Waals surface area (Å²) in [5.41, 5.74) is -0.00643. The van der Waals surface area contributed by atoms with Crippen molar-refractivity contribution in [2.75, 3.05) is 13.1 Å². The molecule has 2 saturated heterocycles. The van der Waals surface area contributed by atoms with E-state index in [1.807, 2.05) is 4.90 Å². The van der Waals surface area contributed by atoms with E-state index in [4.69, 9.17) is 4.42 Å². The van der Waals surface area contributed by atoms with Crippen LogP contribution >= 0.6 is 0 Å². The summed E-state index contributed by atoms with van der Waals surface area (Å²) in [5.74, 6) is -0.748. The highest BCUT2D eigenvalue weighted by Crippen LogP contribution is 2.17. The fourth-order valence-corrected chi connectivity index (χ4v) is 2.61. The van der Waals surface area contributed by atoms with E-state index in [9.17, 15) is 14.4 Å². The van der Waals surface area contributed by atoms with E-state index in [1.165, 1.54) is 6.26 Å². The molecule has 22 heavy (non-hydrogen) atoms. The Morgan fingerprint density at radius 1 is 1.18 bits per heavy atom. The van der Waals surface area contributed by atoms with Gasteiger partial charge in [-0.2, -0.15) is 0 Å². The summed E-state index contributed by atoms with van der Waals surface area (Å²) in [5, 5.41) is 2.20. The van der Waals surface area contributed by atoms with Gasteiger partial charge in [0.15, 0.2) is 0 Å². The van der Waals surface area contributed by atoms with Crippen molar-refractivity contribution < 1.29 is 18.8 Å². The van der Waals surface area contributed by atoms with Gasteiger partial charge < -0.3 is 9.32 Å². The number of furan rings is 1. The van der Waals surface area contributed by atoms with Gasteiger partial charge in [0.2, 0.25) is 0 Å². The van der Waals surface area contributed by atoms with Crippen LogP contribution in [0.25, 0.3) is 0 Å². The van der Waals surface area contributed by atoms with Gasteiger partial charge in [0.05, 0.1) is 12.8 Å². The predicted octanol–water partition coefficient (Wildman–Crippen LogP) is 1.23. The van der Waals surface area contributed by atoms with Gasteiger partial charge in [0.1, 0.15) is 11.3 Å². The lowest BCUT2D eigenvalue weighted by molar-refractivity contribution is -0.130. The van der Waals surface area contributed by atoms with Gasteiger partial charge in [-0.3, -0.25) is 19.8 Å². The first kappa shape index (κ1) is 14.4. The van der Waals surface area contributed by atoms with Gasteiger partial charge in [-0.15, -0.1) is 0 Å². The summed E-state index contributed by atoms with van der Waals surface area (Å²) < 4.78 is 5.16. The first-order valence-electron chi connectivity index (χ1n) is 7.30. The molecule has 1 aromatic heterocycles. The Hall–Kier alpha value is -2.57. The third-order valence-electron chi connectivity index (χ3n) is 3.78. The second-order valence-electron chi connectivity index (χ2n) is 5.37. The van der Waals surface area contributed by atoms with Crippen LogP contribution in [0, 0.1) is 0 Å². The van der Waals surface area contributed by atoms with Crippen LogP contribution in [0.2, 0.25) is 0 Å². The van der Waals surface area contributed by atoms with Crippen LogP contribution in [0.15, 0.2) is 34.6 Å². The monoisotopic (exact) mass is 303 g/mol. The lowest BCUT2D eigenvalue weighted by Crippen LogP contribution is -2.54. The minimum absolute atomic E-state index is 0.00227. The van der Waals surface area contributed by atoms with E-state index >= 15 is 0 Å². The Morgan fingerprint density at radius 2 is 1.95 bits per heavy atom. The minimum atomic E-state index is -0.720. The molecule has 2 aliphatic heterocycles. The number of piperidine rings is 1. The van der Waals surface area contributed by atoms with Gasteiger partial charge in [0.25, 0.3) is 11.8 Å². The highest BCUT2D eigenvalue weighted by molar-refractivity contribution is 6.28. The van der Waals surface area contributed by atoms with Crippen molar-refractivity contribution in [3.63, 3.8) is 0 Å². The van der Waals surface area contributed by atoms with Crippen molar-refractivity contribution in [2.45, 2.75) is 25.8 Å². The van der Waals surface area contributed by atoms with Gasteiger partial charge in [-0.1, -0.05) is 0 Å². The molecular weight excluding hydrogens is 286 g/mol. The number of hydrogen-bond donors (Lipinski definition) is 1. The van der Waals surface area contributed by atoms with Crippen molar-refractivity contribution in [3.05, 3.63) is 35.9 Å². The van der Waals surface area contributed by atoms with Gasteiger partial charge in [-0.05, 0) is 31.4 Å². The molecule has 1 aromatic rings. The summed E-state index contributed by atoms with van der Waals surface area (Å²) in [7, 11) is 0. The number of carbonyl (C=O) groups excluding carboxylic acids is 3. The zero-order chi connectivity index (χ0) is 15.5. The van der Waals surface area contributed by atoms with Crippen LogP contribution in [0.3, 0.4) is 0 Å². The van der Waals surface area contributed by atoms with Crippen LogP contribution < -0.4 is 5.32 Å². The fraction of sp³-hybridized carbons (Fsp3) is 0.400. The van der Waals surface area contributed by atoms with Gasteiger partial charge >= 0.3 is 6.03 Å². The van der Waals surface area contributed by atoms with Crippen LogP contribution in [0.1, 0.15) is 25.0 Å². The molecule has 1 N–H and O–H groups in total. The van der Waals surface area contributed by atoms with E-state index in [1.54, 1.807) is 18.3 Å². The Morgan fingerprint density at radius 3 is 2.64 bits per heavy atom. The molecule has 0 aromatic carbocycles. The fourth-order valence-electron chi connectivity index (χ4n) is 2.61. The van der Waals surface area contributed by atoms with E-state index < -0.39 is 17.8 Å². The zero-order valence-corrected chi connectivity index (χ0v) is 12.1. The van der Waals surface area contributed by atoms with Crippen molar-refractivity contribution in [1.82, 2.24) is 15.1 Å². The number of amides is 4. The Labute approximate surface area is 127 Å². The first-order valence-corrected chi connectivity index (χ1v) is 7.30. The second-order valence-corrected chi connectivity index (χ2v) is 5.37. The summed E-state index contributed by atoms with van der Waals surface area (Å²) in [4.78, 5) is 39.2. The molecule has 3 heterocycles. The zero-order valence-electron chi connectivity index (χ0n) is 12.1. The lowest BCUT2D eigenvalue weighted by atomic mass is 10.1. The van der Waals surface area contributed by atoms with Crippen LogP contribution in [0.5, 0.6) is 0 Å². The molecule has 0 unspecified atom stereocenters. The van der Waals surface area contributed by atoms with Crippen LogP contribution in [0.4, 0.5) is 4.79 Å². The van der Waals surface area contributed by atoms with Crippen LogP contribution in [-0.2, 0) is 16.1 Å². The maximum absolute atomic E-state index is 12.5. The van der Waals surface area contributed by atoms with Crippen molar-refractivity contribution in [1.29, 1.82) is 0 Å². The summed E-state index contributed by atoms with van der Waals surface area (Å²) >= 11 is 0. The molecule has 4 amide bonds. The minimum Gasteiger partial charge on any atom is -0.467 e. The number of nitrogens with zero attached hydrogens (tertiary/aromatic N) is 2. The SMILES string of the molecule is O=C1NC(=O)N(Cc2ccco2)C(=O)/C1=C\N1CCCCC1. The Balaban J connectivity index is 1.80. The van der Waals surface area contributed by atoms with E-state index in [0.717, 1.165) is 37.3 Å². The number of barbiturate groups is 1. The first-order chi connectivity index (χ1) is 10.6. The third-order valence-corrected chi connectivity index (χ3v) is 3.78. The maximum Gasteiger partial charge on any atom is 0.331 e. The molecule has 0 saturated carbocycles. The summed E-state index contributed by atoms with van der Waals surface area (Å²) in [6, 6.07) is 2.63. The molecule has 116 valence electrons. The molecule has 3 rings (SSSR count). The predicted molar refractivity (Wildman–Crippen MR) is 76.3 cm³/mol. The average molecular weight is 303 g/mol. The Kier molecular flexibility index (Phi) is 3.95. The molecule has 0 spiro atoms. The normalized spacial score (nSPS) is 21.5.